The van der Waals surface area contributed by atoms with Crippen molar-refractivity contribution in [2.75, 3.05) is 31.5 Å². The van der Waals surface area contributed by atoms with Crippen molar-refractivity contribution >= 4 is 17.4 Å². The summed E-state index contributed by atoms with van der Waals surface area (Å²) in [5, 5.41) is 16.5. The average Bonchev–Trinajstić information content (AvgIpc) is 3.30. The summed E-state index contributed by atoms with van der Waals surface area (Å²) in [6.07, 6.45) is 0.919. The van der Waals surface area contributed by atoms with E-state index in [-0.39, 0.29) is 5.91 Å². The monoisotopic (exact) mass is 455 g/mol. The van der Waals surface area contributed by atoms with Crippen LogP contribution in [0.25, 0.3) is 5.65 Å². The molecule has 0 unspecified atom stereocenters. The van der Waals surface area contributed by atoms with Crippen LogP contribution in [-0.2, 0) is 24.3 Å². The van der Waals surface area contributed by atoms with Crippen LogP contribution < -0.4 is 5.32 Å². The van der Waals surface area contributed by atoms with E-state index in [9.17, 15) is 4.79 Å². The number of anilines is 1. The predicted molar refractivity (Wildman–Crippen MR) is 131 cm³/mol. The molecule has 0 aliphatic carbocycles. The second kappa shape index (κ2) is 10.4. The Morgan fingerprint density at radius 1 is 0.824 bits per heavy atom. The zero-order valence-corrected chi connectivity index (χ0v) is 19.2. The van der Waals surface area contributed by atoms with Crippen molar-refractivity contribution in [3.8, 4) is 0 Å². The number of piperazine rings is 1. The van der Waals surface area contributed by atoms with E-state index in [1.165, 1.54) is 11.1 Å². The maximum absolute atomic E-state index is 12.8. The standard InChI is InChI=1S/C26H29N7O/c34-26(32-17-15-31(16-18-32)20-22-9-5-2-6-10-22)14-13-25-29-28-24-12-11-23(30-33(24)25)27-19-21-7-3-1-4-8-21/h1-12H,13-20H2,(H,27,30). The van der Waals surface area contributed by atoms with Crippen LogP contribution in [0.4, 0.5) is 5.82 Å². The number of carbonyl (C=O) groups excluding carboxylic acids is 1. The molecule has 0 radical (unpaired) electrons. The summed E-state index contributed by atoms with van der Waals surface area (Å²) in [6.45, 7) is 4.93. The lowest BCUT2D eigenvalue weighted by atomic mass is 10.2. The first-order valence-electron chi connectivity index (χ1n) is 11.8. The molecule has 5 rings (SSSR count). The number of nitrogens with zero attached hydrogens (tertiary/aromatic N) is 6. The molecule has 2 aromatic heterocycles. The molecule has 1 N–H and O–H groups in total. The van der Waals surface area contributed by atoms with Crippen LogP contribution >= 0.6 is 0 Å². The smallest absolute Gasteiger partial charge is 0.223 e. The molecule has 34 heavy (non-hydrogen) atoms. The van der Waals surface area contributed by atoms with Gasteiger partial charge >= 0.3 is 0 Å². The first kappa shape index (κ1) is 22.0. The number of carbonyl (C=O) groups is 1. The number of aromatic nitrogens is 4. The number of benzene rings is 2. The molecule has 8 heteroatoms. The topological polar surface area (TPSA) is 78.7 Å². The summed E-state index contributed by atoms with van der Waals surface area (Å²) in [4.78, 5) is 17.2. The van der Waals surface area contributed by atoms with E-state index in [4.69, 9.17) is 0 Å². The van der Waals surface area contributed by atoms with Gasteiger partial charge in [-0.15, -0.1) is 15.3 Å². The molecule has 0 atom stereocenters. The van der Waals surface area contributed by atoms with Crippen molar-refractivity contribution in [1.82, 2.24) is 29.6 Å². The number of rotatable bonds is 8. The largest absolute Gasteiger partial charge is 0.365 e. The van der Waals surface area contributed by atoms with Crippen LogP contribution in [0.3, 0.4) is 0 Å². The highest BCUT2D eigenvalue weighted by molar-refractivity contribution is 5.76. The second-order valence-corrected chi connectivity index (χ2v) is 8.59. The third kappa shape index (κ3) is 5.40. The molecule has 8 nitrogen and oxygen atoms in total. The van der Waals surface area contributed by atoms with Gasteiger partial charge in [0.15, 0.2) is 11.5 Å². The van der Waals surface area contributed by atoms with Crippen LogP contribution in [0.15, 0.2) is 72.8 Å². The van der Waals surface area contributed by atoms with E-state index in [2.05, 4.69) is 61.9 Å². The highest BCUT2D eigenvalue weighted by atomic mass is 16.2. The third-order valence-electron chi connectivity index (χ3n) is 6.18. The molecular formula is C26H29N7O. The van der Waals surface area contributed by atoms with Crippen LogP contribution in [-0.4, -0.2) is 61.7 Å². The van der Waals surface area contributed by atoms with Crippen molar-refractivity contribution < 1.29 is 4.79 Å². The van der Waals surface area contributed by atoms with Gasteiger partial charge in [0, 0.05) is 52.1 Å². The first-order valence-corrected chi connectivity index (χ1v) is 11.8. The van der Waals surface area contributed by atoms with E-state index in [0.29, 0.717) is 30.9 Å². The zero-order valence-electron chi connectivity index (χ0n) is 19.2. The molecule has 0 saturated carbocycles. The highest BCUT2D eigenvalue weighted by Crippen LogP contribution is 2.13. The Balaban J connectivity index is 1.14. The summed E-state index contributed by atoms with van der Waals surface area (Å²) >= 11 is 0. The fraction of sp³-hybridized carbons (Fsp3) is 0.308. The number of fused-ring (bicyclic) bond motifs is 1. The van der Waals surface area contributed by atoms with Gasteiger partial charge in [-0.05, 0) is 23.3 Å². The van der Waals surface area contributed by atoms with Gasteiger partial charge in [-0.1, -0.05) is 60.7 Å². The average molecular weight is 456 g/mol. The van der Waals surface area contributed by atoms with E-state index in [1.807, 2.05) is 41.3 Å². The van der Waals surface area contributed by atoms with Gasteiger partial charge in [-0.3, -0.25) is 9.69 Å². The molecule has 1 aliphatic heterocycles. The number of hydrogen-bond acceptors (Lipinski definition) is 6. The van der Waals surface area contributed by atoms with Gasteiger partial charge in [0.1, 0.15) is 5.82 Å². The lowest BCUT2D eigenvalue weighted by Gasteiger charge is -2.34. The molecule has 1 fully saturated rings. The summed E-state index contributed by atoms with van der Waals surface area (Å²) < 4.78 is 1.73. The van der Waals surface area contributed by atoms with Crippen LogP contribution in [0.2, 0.25) is 0 Å². The maximum atomic E-state index is 12.8. The van der Waals surface area contributed by atoms with Crippen molar-refractivity contribution in [3.63, 3.8) is 0 Å². The SMILES string of the molecule is O=C(CCc1nnc2ccc(NCc3ccccc3)nn12)N1CCN(Cc2ccccc2)CC1. The summed E-state index contributed by atoms with van der Waals surface area (Å²) in [5.74, 6) is 1.61. The van der Waals surface area contributed by atoms with Gasteiger partial charge in [0.05, 0.1) is 0 Å². The van der Waals surface area contributed by atoms with E-state index in [1.54, 1.807) is 4.52 Å². The van der Waals surface area contributed by atoms with Gasteiger partial charge in [-0.25, -0.2) is 0 Å². The quantitative estimate of drug-likeness (QED) is 0.440. The number of aryl methyl sites for hydroxylation is 1. The fourth-order valence-electron chi connectivity index (χ4n) is 4.25. The minimum absolute atomic E-state index is 0.162. The Hall–Kier alpha value is -3.78. The predicted octanol–water partition coefficient (Wildman–Crippen LogP) is 3.01. The lowest BCUT2D eigenvalue weighted by Crippen LogP contribution is -2.48. The first-order chi connectivity index (χ1) is 16.7. The minimum atomic E-state index is 0.162. The molecule has 1 saturated heterocycles. The normalized spacial score (nSPS) is 14.4. The second-order valence-electron chi connectivity index (χ2n) is 8.59. The van der Waals surface area contributed by atoms with E-state index < -0.39 is 0 Å². The van der Waals surface area contributed by atoms with E-state index in [0.717, 1.165) is 38.5 Å². The molecule has 0 bridgehead atoms. The molecule has 0 spiro atoms. The summed E-state index contributed by atoms with van der Waals surface area (Å²) in [6, 6.07) is 24.5. The lowest BCUT2D eigenvalue weighted by molar-refractivity contribution is -0.133. The molecule has 174 valence electrons. The van der Waals surface area contributed by atoms with Gasteiger partial charge < -0.3 is 10.2 Å². The zero-order chi connectivity index (χ0) is 23.2. The van der Waals surface area contributed by atoms with Crippen LogP contribution in [0, 0.1) is 0 Å². The minimum Gasteiger partial charge on any atom is -0.365 e. The Bertz CT molecular complexity index is 1220. The number of amides is 1. The molecular weight excluding hydrogens is 426 g/mol. The Labute approximate surface area is 199 Å². The summed E-state index contributed by atoms with van der Waals surface area (Å²) in [7, 11) is 0. The molecule has 3 heterocycles. The fourth-order valence-corrected chi connectivity index (χ4v) is 4.25. The van der Waals surface area contributed by atoms with Crippen molar-refractivity contribution in [2.24, 2.45) is 0 Å². The Morgan fingerprint density at radius 2 is 1.53 bits per heavy atom. The van der Waals surface area contributed by atoms with Crippen LogP contribution in [0.5, 0.6) is 0 Å². The van der Waals surface area contributed by atoms with Gasteiger partial charge in [0.2, 0.25) is 5.91 Å². The Morgan fingerprint density at radius 3 is 2.26 bits per heavy atom. The highest BCUT2D eigenvalue weighted by Gasteiger charge is 2.21. The number of nitrogens with one attached hydrogen (secondary N) is 1. The van der Waals surface area contributed by atoms with Crippen molar-refractivity contribution in [1.29, 1.82) is 0 Å². The van der Waals surface area contributed by atoms with E-state index >= 15 is 0 Å². The maximum Gasteiger partial charge on any atom is 0.223 e. The van der Waals surface area contributed by atoms with Crippen molar-refractivity contribution in [2.45, 2.75) is 25.9 Å². The van der Waals surface area contributed by atoms with Crippen molar-refractivity contribution in [3.05, 3.63) is 89.7 Å². The molecule has 4 aromatic rings. The van der Waals surface area contributed by atoms with Crippen LogP contribution in [0.1, 0.15) is 23.4 Å². The third-order valence-corrected chi connectivity index (χ3v) is 6.18. The number of hydrogen-bond donors (Lipinski definition) is 1. The van der Waals surface area contributed by atoms with Gasteiger partial charge in [-0.2, -0.15) is 4.52 Å². The molecule has 1 aliphatic rings. The molecule has 1 amide bonds. The Kier molecular flexibility index (Phi) is 6.76. The van der Waals surface area contributed by atoms with Gasteiger partial charge in [0.25, 0.3) is 0 Å². The summed E-state index contributed by atoms with van der Waals surface area (Å²) in [5.41, 5.74) is 3.18. The molecule has 2 aromatic carbocycles.